The number of rotatable bonds is 7. The summed E-state index contributed by atoms with van der Waals surface area (Å²) in [6, 6.07) is 19.1. The molecule has 2 aromatic rings. The van der Waals surface area contributed by atoms with Gasteiger partial charge in [0.2, 0.25) is 5.91 Å². The van der Waals surface area contributed by atoms with E-state index < -0.39 is 0 Å². The number of hydrogen-bond acceptors (Lipinski definition) is 3. The van der Waals surface area contributed by atoms with Gasteiger partial charge in [-0.2, -0.15) is 0 Å². The Hall–Kier alpha value is -2.62. The normalized spacial score (nSPS) is 24.0. The number of carbonyl (C=O) groups is 2. The van der Waals surface area contributed by atoms with E-state index in [4.69, 9.17) is 4.74 Å². The summed E-state index contributed by atoms with van der Waals surface area (Å²) in [7, 11) is 1.84. The first-order valence-electron chi connectivity index (χ1n) is 11.1. The van der Waals surface area contributed by atoms with E-state index in [9.17, 15) is 9.59 Å². The second-order valence-electron chi connectivity index (χ2n) is 8.97. The number of piperidine rings is 2. The molecule has 0 aromatic heterocycles. The van der Waals surface area contributed by atoms with Gasteiger partial charge in [-0.05, 0) is 54.7 Å². The third kappa shape index (κ3) is 4.58. The number of fused-ring (bicyclic) bond motifs is 3. The molecule has 0 radical (unpaired) electrons. The van der Waals surface area contributed by atoms with E-state index in [1.165, 1.54) is 16.7 Å². The predicted molar refractivity (Wildman–Crippen MR) is 118 cm³/mol. The molecule has 4 atom stereocenters. The van der Waals surface area contributed by atoms with Gasteiger partial charge in [0.25, 0.3) is 0 Å². The van der Waals surface area contributed by atoms with E-state index in [0.717, 1.165) is 25.7 Å². The van der Waals surface area contributed by atoms with Crippen LogP contribution in [0.15, 0.2) is 54.6 Å². The molecule has 2 aliphatic heterocycles. The Morgan fingerprint density at radius 2 is 1.77 bits per heavy atom. The lowest BCUT2D eigenvalue weighted by atomic mass is 9.77. The van der Waals surface area contributed by atoms with Gasteiger partial charge < -0.3 is 9.64 Å². The van der Waals surface area contributed by atoms with Crippen LogP contribution in [0.1, 0.15) is 44.6 Å². The molecule has 1 saturated carbocycles. The fraction of sp³-hybridized carbons (Fsp3) is 0.462. The van der Waals surface area contributed by atoms with Gasteiger partial charge in [0, 0.05) is 19.4 Å². The Bertz CT molecular complexity index is 873. The molecule has 4 unspecified atom stereocenters. The van der Waals surface area contributed by atoms with Crippen LogP contribution in [0.3, 0.4) is 0 Å². The largest absolute Gasteiger partial charge is 0.460 e. The molecule has 1 aliphatic carbocycles. The number of carbonyl (C=O) groups excluding carboxylic acids is 2. The fourth-order valence-corrected chi connectivity index (χ4v) is 4.87. The number of likely N-dealkylation sites (N-methyl/N-ethyl adjacent to an activating group) is 1. The molecule has 1 amide bonds. The van der Waals surface area contributed by atoms with E-state index >= 15 is 0 Å². The molecule has 30 heavy (non-hydrogen) atoms. The highest BCUT2D eigenvalue weighted by Gasteiger charge is 2.46. The predicted octanol–water partition coefficient (Wildman–Crippen LogP) is 4.86. The van der Waals surface area contributed by atoms with Crippen LogP contribution < -0.4 is 0 Å². The molecule has 5 rings (SSSR count). The monoisotopic (exact) mass is 405 g/mol. The van der Waals surface area contributed by atoms with Gasteiger partial charge in [-0.3, -0.25) is 9.59 Å². The van der Waals surface area contributed by atoms with Gasteiger partial charge in [0.15, 0.2) is 0 Å². The molecular weight excluding hydrogens is 374 g/mol. The van der Waals surface area contributed by atoms with Gasteiger partial charge >= 0.3 is 5.97 Å². The lowest BCUT2D eigenvalue weighted by Crippen LogP contribution is -2.58. The molecule has 0 spiro atoms. The van der Waals surface area contributed by atoms with Crippen LogP contribution >= 0.6 is 0 Å². The number of nitrogens with zero attached hydrogens (tertiary/aromatic N) is 1. The molecule has 0 N–H and O–H groups in total. The number of benzene rings is 2. The van der Waals surface area contributed by atoms with Crippen molar-refractivity contribution in [2.24, 2.45) is 11.8 Å². The quantitative estimate of drug-likeness (QED) is 0.618. The summed E-state index contributed by atoms with van der Waals surface area (Å²) in [4.78, 5) is 26.4. The van der Waals surface area contributed by atoms with Crippen LogP contribution in [-0.2, 0) is 20.7 Å². The number of ether oxygens (including phenoxy) is 1. The number of esters is 1. The molecule has 4 nitrogen and oxygen atoms in total. The zero-order valence-electron chi connectivity index (χ0n) is 17.9. The number of aryl methyl sites for hydroxylation is 1. The highest BCUT2D eigenvalue weighted by Crippen LogP contribution is 2.37. The second-order valence-corrected chi connectivity index (χ2v) is 8.97. The van der Waals surface area contributed by atoms with Crippen LogP contribution in [0.4, 0.5) is 0 Å². The minimum Gasteiger partial charge on any atom is -0.460 e. The van der Waals surface area contributed by atoms with E-state index in [0.29, 0.717) is 12.8 Å². The van der Waals surface area contributed by atoms with Crippen molar-refractivity contribution in [3.63, 3.8) is 0 Å². The zero-order valence-corrected chi connectivity index (χ0v) is 17.9. The molecule has 2 saturated heterocycles. The average Bonchev–Trinajstić information content (AvgIpc) is 2.76. The maximum absolute atomic E-state index is 12.5. The van der Waals surface area contributed by atoms with Crippen molar-refractivity contribution in [3.05, 3.63) is 60.2 Å². The maximum atomic E-state index is 12.5. The lowest BCUT2D eigenvalue weighted by Gasteiger charge is -2.47. The van der Waals surface area contributed by atoms with E-state index in [1.54, 1.807) is 4.90 Å². The first kappa shape index (κ1) is 20.6. The van der Waals surface area contributed by atoms with Gasteiger partial charge in [0.05, 0.1) is 6.04 Å². The molecule has 3 fully saturated rings. The van der Waals surface area contributed by atoms with Gasteiger partial charge in [-0.25, -0.2) is 0 Å². The third-order valence-corrected chi connectivity index (χ3v) is 6.74. The van der Waals surface area contributed by atoms with E-state index in [2.05, 4.69) is 55.5 Å². The van der Waals surface area contributed by atoms with Crippen molar-refractivity contribution in [2.75, 3.05) is 7.05 Å². The van der Waals surface area contributed by atoms with Crippen LogP contribution in [0.2, 0.25) is 0 Å². The summed E-state index contributed by atoms with van der Waals surface area (Å²) in [5.74, 6) is 0.394. The first-order valence-corrected chi connectivity index (χ1v) is 11.1. The Kier molecular flexibility index (Phi) is 6.21. The summed E-state index contributed by atoms with van der Waals surface area (Å²) in [5, 5.41) is 0. The van der Waals surface area contributed by atoms with Crippen molar-refractivity contribution >= 4 is 11.9 Å². The van der Waals surface area contributed by atoms with Crippen LogP contribution in [-0.4, -0.2) is 36.0 Å². The van der Waals surface area contributed by atoms with Crippen molar-refractivity contribution < 1.29 is 14.3 Å². The number of amides is 1. The Morgan fingerprint density at radius 1 is 1.07 bits per heavy atom. The molecule has 2 bridgehead atoms. The molecule has 2 aromatic carbocycles. The van der Waals surface area contributed by atoms with Crippen molar-refractivity contribution in [3.8, 4) is 11.1 Å². The highest BCUT2D eigenvalue weighted by atomic mass is 16.5. The average molecular weight is 406 g/mol. The van der Waals surface area contributed by atoms with E-state index in [1.807, 2.05) is 13.1 Å². The van der Waals surface area contributed by atoms with Gasteiger partial charge in [-0.15, -0.1) is 0 Å². The Balaban J connectivity index is 1.23. The molecule has 3 aliphatic rings. The fourth-order valence-electron chi connectivity index (χ4n) is 4.87. The van der Waals surface area contributed by atoms with Crippen LogP contribution in [0.25, 0.3) is 11.1 Å². The first-order chi connectivity index (χ1) is 14.5. The van der Waals surface area contributed by atoms with Gasteiger partial charge in [-0.1, -0.05) is 61.5 Å². The zero-order chi connectivity index (χ0) is 21.1. The molecule has 2 heterocycles. The second kappa shape index (κ2) is 9.03. The summed E-state index contributed by atoms with van der Waals surface area (Å²) in [5.41, 5.74) is 3.74. The minimum atomic E-state index is -0.128. The Labute approximate surface area is 179 Å². The Morgan fingerprint density at radius 3 is 2.47 bits per heavy atom. The molecule has 158 valence electrons. The highest BCUT2D eigenvalue weighted by molar-refractivity contribution is 5.81. The van der Waals surface area contributed by atoms with Crippen molar-refractivity contribution in [1.29, 1.82) is 0 Å². The summed E-state index contributed by atoms with van der Waals surface area (Å²) in [6.07, 6.45) is 4.79. The molecular formula is C26H31NO3. The topological polar surface area (TPSA) is 46.6 Å². The van der Waals surface area contributed by atoms with Crippen LogP contribution in [0.5, 0.6) is 0 Å². The third-order valence-electron chi connectivity index (χ3n) is 6.74. The van der Waals surface area contributed by atoms with Crippen molar-refractivity contribution in [2.45, 2.75) is 57.6 Å². The number of hydrogen-bond donors (Lipinski definition) is 0. The summed E-state index contributed by atoms with van der Waals surface area (Å²) in [6.45, 7) is 2.11. The van der Waals surface area contributed by atoms with Crippen molar-refractivity contribution in [1.82, 2.24) is 4.90 Å². The summed E-state index contributed by atoms with van der Waals surface area (Å²) >= 11 is 0. The standard InChI is InChI=1S/C26H31NO3/c1-18(8-9-19-10-12-21(13-11-19)20-6-4-3-5-7-20)16-25(28)30-24-17-22-14-15-23(24)27(2)26(22)29/h3-7,10-13,18,22-24H,8-9,14-17H2,1-2H3. The van der Waals surface area contributed by atoms with Gasteiger partial charge in [0.1, 0.15) is 6.10 Å². The molecule has 4 heteroatoms. The summed E-state index contributed by atoms with van der Waals surface area (Å²) < 4.78 is 5.80. The smallest absolute Gasteiger partial charge is 0.306 e. The SMILES string of the molecule is CC(CCc1ccc(-c2ccccc2)cc1)CC(=O)OC1CC2CCC1N(C)C2=O. The lowest BCUT2D eigenvalue weighted by molar-refractivity contribution is -0.170. The minimum absolute atomic E-state index is 0.0362. The van der Waals surface area contributed by atoms with Crippen LogP contribution in [0, 0.1) is 11.8 Å². The maximum Gasteiger partial charge on any atom is 0.306 e. The van der Waals surface area contributed by atoms with E-state index in [-0.39, 0.29) is 35.9 Å².